The van der Waals surface area contributed by atoms with Crippen LogP contribution in [0.2, 0.25) is 0 Å². The van der Waals surface area contributed by atoms with E-state index in [0.717, 1.165) is 11.6 Å². The third-order valence-corrected chi connectivity index (χ3v) is 7.68. The number of rotatable bonds is 17. The average Bonchev–Trinajstić information content (AvgIpc) is 2.96. The van der Waals surface area contributed by atoms with Crippen molar-refractivity contribution in [2.45, 2.75) is 77.3 Å². The molecule has 0 saturated heterocycles. The molecular formula is C31H47N5O6S. The van der Waals surface area contributed by atoms with Crippen molar-refractivity contribution < 1.29 is 27.9 Å². The standard InChI is InChI=1S/C31H47N5O6S/c1-6-14-35(15-7-2)31(40)25-18-24(19-26(20-25)43(32,41)42)30(39)33-27(17-23-12-10-9-11-13-23)28(37)21-36(16-8-3)34-29(38)22(4)5/h9-13,18-20,22,27-28,37H,6-8,14-17,21H2,1-5H3,(H,33,39)(H,34,38)(H2,32,41,42). The van der Waals surface area contributed by atoms with E-state index in [9.17, 15) is 27.9 Å². The van der Waals surface area contributed by atoms with E-state index in [1.54, 1.807) is 23.8 Å². The van der Waals surface area contributed by atoms with Gasteiger partial charge in [-0.1, -0.05) is 65.0 Å². The van der Waals surface area contributed by atoms with Crippen molar-refractivity contribution in [1.29, 1.82) is 0 Å². The van der Waals surface area contributed by atoms with Gasteiger partial charge in [0.15, 0.2) is 0 Å². The number of nitrogens with two attached hydrogens (primary N) is 1. The summed E-state index contributed by atoms with van der Waals surface area (Å²) in [6, 6.07) is 12.1. The molecular weight excluding hydrogens is 570 g/mol. The van der Waals surface area contributed by atoms with Gasteiger partial charge in [0.2, 0.25) is 15.9 Å². The van der Waals surface area contributed by atoms with Crippen molar-refractivity contribution >= 4 is 27.7 Å². The van der Waals surface area contributed by atoms with Gasteiger partial charge in [-0.15, -0.1) is 0 Å². The van der Waals surface area contributed by atoms with Crippen molar-refractivity contribution in [3.63, 3.8) is 0 Å². The van der Waals surface area contributed by atoms with Crippen LogP contribution in [0, 0.1) is 5.92 Å². The van der Waals surface area contributed by atoms with Crippen LogP contribution in [0.4, 0.5) is 0 Å². The molecule has 0 heterocycles. The third kappa shape index (κ3) is 11.4. The zero-order chi connectivity index (χ0) is 32.2. The van der Waals surface area contributed by atoms with Crippen LogP contribution in [0.1, 0.15) is 80.2 Å². The maximum Gasteiger partial charge on any atom is 0.253 e. The molecule has 2 rings (SSSR count). The highest BCUT2D eigenvalue weighted by molar-refractivity contribution is 7.89. The predicted molar refractivity (Wildman–Crippen MR) is 167 cm³/mol. The molecule has 2 aromatic carbocycles. The summed E-state index contributed by atoms with van der Waals surface area (Å²) in [4.78, 5) is 40.6. The van der Waals surface area contributed by atoms with Crippen molar-refractivity contribution in [2.75, 3.05) is 26.2 Å². The number of carbonyl (C=O) groups is 3. The summed E-state index contributed by atoms with van der Waals surface area (Å²) in [6.07, 6.45) is 1.27. The zero-order valence-corrected chi connectivity index (χ0v) is 26.7. The second-order valence-electron chi connectivity index (χ2n) is 11.0. The molecule has 0 saturated carbocycles. The lowest BCUT2D eigenvalue weighted by atomic mass is 10.00. The number of benzene rings is 2. The summed E-state index contributed by atoms with van der Waals surface area (Å²) in [5, 5.41) is 21.2. The van der Waals surface area contributed by atoms with Gasteiger partial charge in [-0.25, -0.2) is 18.6 Å². The van der Waals surface area contributed by atoms with Crippen LogP contribution in [0.25, 0.3) is 0 Å². The highest BCUT2D eigenvalue weighted by atomic mass is 32.2. The molecule has 5 N–H and O–H groups in total. The monoisotopic (exact) mass is 617 g/mol. The molecule has 0 aliphatic rings. The minimum absolute atomic E-state index is 0.0317. The predicted octanol–water partition coefficient (Wildman–Crippen LogP) is 2.70. The fraction of sp³-hybridized carbons (Fsp3) is 0.516. The number of nitrogens with one attached hydrogen (secondary N) is 2. The van der Waals surface area contributed by atoms with Gasteiger partial charge in [-0.05, 0) is 49.4 Å². The van der Waals surface area contributed by atoms with Crippen LogP contribution in [-0.4, -0.2) is 79.5 Å². The van der Waals surface area contributed by atoms with Crippen molar-refractivity contribution in [3.8, 4) is 0 Å². The highest BCUT2D eigenvalue weighted by Crippen LogP contribution is 2.18. The summed E-state index contributed by atoms with van der Waals surface area (Å²) in [5.41, 5.74) is 3.63. The fourth-order valence-electron chi connectivity index (χ4n) is 4.56. The average molecular weight is 618 g/mol. The highest BCUT2D eigenvalue weighted by Gasteiger charge is 2.27. The Morgan fingerprint density at radius 2 is 1.49 bits per heavy atom. The number of amides is 3. The summed E-state index contributed by atoms with van der Waals surface area (Å²) in [5.74, 6) is -1.53. The number of hydrazine groups is 1. The molecule has 0 spiro atoms. The number of carbonyl (C=O) groups excluding carboxylic acids is 3. The number of aliphatic hydroxyl groups excluding tert-OH is 1. The Hall–Kier alpha value is -3.32. The van der Waals surface area contributed by atoms with E-state index < -0.39 is 34.0 Å². The van der Waals surface area contributed by atoms with Crippen LogP contribution in [0.5, 0.6) is 0 Å². The van der Waals surface area contributed by atoms with E-state index in [1.165, 1.54) is 12.1 Å². The zero-order valence-electron chi connectivity index (χ0n) is 25.9. The molecule has 12 heteroatoms. The maximum atomic E-state index is 13.6. The Labute approximate surface area is 255 Å². The van der Waals surface area contributed by atoms with E-state index in [4.69, 9.17) is 5.14 Å². The molecule has 11 nitrogen and oxygen atoms in total. The van der Waals surface area contributed by atoms with Crippen LogP contribution >= 0.6 is 0 Å². The minimum atomic E-state index is -4.25. The number of sulfonamides is 1. The SMILES string of the molecule is CCCN(CC(O)C(Cc1ccccc1)NC(=O)c1cc(C(=O)N(CCC)CCC)cc(S(N)(=O)=O)c1)NC(=O)C(C)C. The molecule has 2 aromatic rings. The Balaban J connectivity index is 2.45. The molecule has 0 bridgehead atoms. The van der Waals surface area contributed by atoms with Gasteiger partial charge in [0.05, 0.1) is 17.0 Å². The molecule has 3 amide bonds. The lowest BCUT2D eigenvalue weighted by Gasteiger charge is -2.31. The lowest BCUT2D eigenvalue weighted by molar-refractivity contribution is -0.129. The molecule has 0 radical (unpaired) electrons. The number of primary sulfonamides is 1. The Bertz CT molecular complexity index is 1310. The van der Waals surface area contributed by atoms with Gasteiger partial charge in [0.25, 0.3) is 11.8 Å². The molecule has 2 unspecified atom stereocenters. The smallest absolute Gasteiger partial charge is 0.253 e. The lowest BCUT2D eigenvalue weighted by Crippen LogP contribution is -2.54. The first kappa shape index (κ1) is 35.9. The van der Waals surface area contributed by atoms with Crippen LogP contribution in [-0.2, 0) is 21.2 Å². The number of hydrogen-bond donors (Lipinski definition) is 4. The van der Waals surface area contributed by atoms with E-state index in [-0.39, 0.29) is 40.8 Å². The fourth-order valence-corrected chi connectivity index (χ4v) is 5.14. The van der Waals surface area contributed by atoms with Gasteiger partial charge in [-0.2, -0.15) is 0 Å². The van der Waals surface area contributed by atoms with Crippen molar-refractivity contribution in [2.24, 2.45) is 11.1 Å². The molecule has 43 heavy (non-hydrogen) atoms. The van der Waals surface area contributed by atoms with Gasteiger partial charge in [0.1, 0.15) is 0 Å². The van der Waals surface area contributed by atoms with Crippen LogP contribution < -0.4 is 15.9 Å². The maximum absolute atomic E-state index is 13.6. The first-order chi connectivity index (χ1) is 20.3. The second-order valence-corrected chi connectivity index (χ2v) is 12.6. The molecule has 0 fully saturated rings. The van der Waals surface area contributed by atoms with Gasteiger partial charge >= 0.3 is 0 Å². The first-order valence-corrected chi connectivity index (χ1v) is 16.4. The minimum Gasteiger partial charge on any atom is -0.390 e. The van der Waals surface area contributed by atoms with Gasteiger partial charge in [0, 0.05) is 43.2 Å². The summed E-state index contributed by atoms with van der Waals surface area (Å²) < 4.78 is 24.7. The Morgan fingerprint density at radius 1 is 0.907 bits per heavy atom. The van der Waals surface area contributed by atoms with Gasteiger partial charge < -0.3 is 15.3 Å². The second kappa shape index (κ2) is 17.1. The molecule has 238 valence electrons. The van der Waals surface area contributed by atoms with E-state index in [2.05, 4.69) is 10.7 Å². The summed E-state index contributed by atoms with van der Waals surface area (Å²) >= 11 is 0. The third-order valence-electron chi connectivity index (χ3n) is 6.79. The normalized spacial score (nSPS) is 13.0. The summed E-state index contributed by atoms with van der Waals surface area (Å²) in [6.45, 7) is 10.8. The van der Waals surface area contributed by atoms with Gasteiger partial charge in [-0.3, -0.25) is 19.8 Å². The topological polar surface area (TPSA) is 162 Å². The van der Waals surface area contributed by atoms with Crippen molar-refractivity contribution in [1.82, 2.24) is 20.7 Å². The Morgan fingerprint density at radius 3 is 2.02 bits per heavy atom. The molecule has 0 aliphatic carbocycles. The number of nitrogens with zero attached hydrogens (tertiary/aromatic N) is 2. The Kier molecular flexibility index (Phi) is 14.3. The molecule has 0 aromatic heterocycles. The summed E-state index contributed by atoms with van der Waals surface area (Å²) in [7, 11) is -4.25. The number of hydrogen-bond acceptors (Lipinski definition) is 7. The van der Waals surface area contributed by atoms with Crippen LogP contribution in [0.15, 0.2) is 53.4 Å². The first-order valence-electron chi connectivity index (χ1n) is 14.9. The van der Waals surface area contributed by atoms with Crippen molar-refractivity contribution in [3.05, 3.63) is 65.2 Å². The molecule has 2 atom stereocenters. The van der Waals surface area contributed by atoms with E-state index in [0.29, 0.717) is 38.9 Å². The quantitative estimate of drug-likeness (QED) is 0.198. The van der Waals surface area contributed by atoms with E-state index in [1.807, 2.05) is 51.1 Å². The number of aliphatic hydroxyl groups is 1. The van der Waals surface area contributed by atoms with E-state index >= 15 is 0 Å². The van der Waals surface area contributed by atoms with Crippen LogP contribution in [0.3, 0.4) is 0 Å². The molecule has 0 aliphatic heterocycles. The largest absolute Gasteiger partial charge is 0.390 e.